The first-order valence-corrected chi connectivity index (χ1v) is 6.27. The first kappa shape index (κ1) is 14.7. The summed E-state index contributed by atoms with van der Waals surface area (Å²) in [5.74, 6) is 0.437. The normalized spacial score (nSPS) is 32.4. The molecule has 2 saturated heterocycles. The summed E-state index contributed by atoms with van der Waals surface area (Å²) in [5.41, 5.74) is 5.84. The van der Waals surface area contributed by atoms with Gasteiger partial charge in [-0.2, -0.15) is 0 Å². The fraction of sp³-hybridized carbons (Fsp3) is 0.917. The molecule has 4 nitrogen and oxygen atoms in total. The van der Waals surface area contributed by atoms with E-state index in [1.54, 1.807) is 0 Å². The zero-order valence-corrected chi connectivity index (χ0v) is 11.3. The van der Waals surface area contributed by atoms with Gasteiger partial charge in [-0.1, -0.05) is 13.8 Å². The Hall–Kier alpha value is -0.320. The summed E-state index contributed by atoms with van der Waals surface area (Å²) >= 11 is 0. The van der Waals surface area contributed by atoms with Crippen molar-refractivity contribution in [2.45, 2.75) is 63.8 Å². The molecule has 3 unspecified atom stereocenters. The largest absolute Gasteiger partial charge is 0.373 e. The van der Waals surface area contributed by atoms with Gasteiger partial charge < -0.3 is 15.8 Å². The fourth-order valence-corrected chi connectivity index (χ4v) is 2.69. The highest BCUT2D eigenvalue weighted by Crippen LogP contribution is 2.34. The second-order valence-corrected chi connectivity index (χ2v) is 5.46. The van der Waals surface area contributed by atoms with Crippen LogP contribution in [0.4, 0.5) is 0 Å². The lowest BCUT2D eigenvalue weighted by molar-refractivity contribution is -0.123. The Morgan fingerprint density at radius 1 is 1.47 bits per heavy atom. The molecule has 0 aliphatic carbocycles. The van der Waals surface area contributed by atoms with Gasteiger partial charge >= 0.3 is 0 Å². The Balaban J connectivity index is 0.00000144. The van der Waals surface area contributed by atoms with Gasteiger partial charge in [0, 0.05) is 0 Å². The highest BCUT2D eigenvalue weighted by Gasteiger charge is 2.41. The lowest BCUT2D eigenvalue weighted by atomic mass is 9.95. The van der Waals surface area contributed by atoms with E-state index in [1.165, 1.54) is 0 Å². The second kappa shape index (κ2) is 6.03. The number of halogens is 1. The Bertz CT molecular complexity index is 273. The van der Waals surface area contributed by atoms with Gasteiger partial charge in [-0.3, -0.25) is 4.79 Å². The maximum Gasteiger partial charge on any atom is 0.237 e. The van der Waals surface area contributed by atoms with E-state index >= 15 is 0 Å². The number of hydrogen-bond donors (Lipinski definition) is 2. The molecule has 2 heterocycles. The van der Waals surface area contributed by atoms with Crippen LogP contribution in [0.5, 0.6) is 0 Å². The summed E-state index contributed by atoms with van der Waals surface area (Å²) in [4.78, 5) is 11.8. The molecule has 0 spiro atoms. The van der Waals surface area contributed by atoms with E-state index in [0.29, 0.717) is 12.0 Å². The SMILES string of the molecule is CC(C)C[C@H](N)C(=O)NC1CC2CCC1O2.Cl. The number of carbonyl (C=O) groups excluding carboxylic acids is 1. The van der Waals surface area contributed by atoms with Crippen LogP contribution in [0.3, 0.4) is 0 Å². The van der Waals surface area contributed by atoms with Gasteiger partial charge in [0.2, 0.25) is 5.91 Å². The Morgan fingerprint density at radius 2 is 2.18 bits per heavy atom. The fourth-order valence-electron chi connectivity index (χ4n) is 2.69. The van der Waals surface area contributed by atoms with Crippen molar-refractivity contribution in [1.29, 1.82) is 0 Å². The molecule has 2 rings (SSSR count). The van der Waals surface area contributed by atoms with E-state index < -0.39 is 0 Å². The zero-order valence-electron chi connectivity index (χ0n) is 10.5. The van der Waals surface area contributed by atoms with Gasteiger partial charge in [-0.05, 0) is 31.6 Å². The molecule has 2 aliphatic heterocycles. The summed E-state index contributed by atoms with van der Waals surface area (Å²) in [6.45, 7) is 4.15. The molecule has 2 fully saturated rings. The minimum atomic E-state index is -0.376. The van der Waals surface area contributed by atoms with E-state index in [-0.39, 0.29) is 36.5 Å². The van der Waals surface area contributed by atoms with Crippen molar-refractivity contribution in [3.8, 4) is 0 Å². The molecule has 2 aliphatic rings. The van der Waals surface area contributed by atoms with E-state index in [9.17, 15) is 4.79 Å². The molecule has 0 aromatic rings. The minimum absolute atomic E-state index is 0. The highest BCUT2D eigenvalue weighted by molar-refractivity contribution is 5.85. The molecule has 4 atom stereocenters. The topological polar surface area (TPSA) is 64.4 Å². The molecule has 100 valence electrons. The second-order valence-electron chi connectivity index (χ2n) is 5.46. The summed E-state index contributed by atoms with van der Waals surface area (Å²) in [7, 11) is 0. The third-order valence-electron chi connectivity index (χ3n) is 3.50. The van der Waals surface area contributed by atoms with Crippen LogP contribution in [0.15, 0.2) is 0 Å². The number of nitrogens with two attached hydrogens (primary N) is 1. The maximum absolute atomic E-state index is 11.8. The van der Waals surface area contributed by atoms with Crippen LogP contribution in [-0.4, -0.2) is 30.2 Å². The summed E-state index contributed by atoms with van der Waals surface area (Å²) in [6, 6.07) is -0.177. The molecular weight excluding hydrogens is 240 g/mol. The molecule has 0 saturated carbocycles. The van der Waals surface area contributed by atoms with Gasteiger partial charge in [-0.25, -0.2) is 0 Å². The van der Waals surface area contributed by atoms with Crippen molar-refractivity contribution >= 4 is 18.3 Å². The highest BCUT2D eigenvalue weighted by atomic mass is 35.5. The molecule has 5 heteroatoms. The molecule has 2 bridgehead atoms. The van der Waals surface area contributed by atoms with Gasteiger partial charge in [0.15, 0.2) is 0 Å². The van der Waals surface area contributed by atoms with Crippen molar-refractivity contribution in [1.82, 2.24) is 5.32 Å². The molecule has 1 amide bonds. The molecule has 17 heavy (non-hydrogen) atoms. The van der Waals surface area contributed by atoms with Crippen molar-refractivity contribution in [2.24, 2.45) is 11.7 Å². The van der Waals surface area contributed by atoms with E-state index in [4.69, 9.17) is 10.5 Å². The maximum atomic E-state index is 11.8. The van der Waals surface area contributed by atoms with Crippen molar-refractivity contribution in [3.05, 3.63) is 0 Å². The van der Waals surface area contributed by atoms with Crippen LogP contribution in [0.1, 0.15) is 39.5 Å². The number of hydrogen-bond acceptors (Lipinski definition) is 3. The molecule has 0 aromatic heterocycles. The van der Waals surface area contributed by atoms with Gasteiger partial charge in [-0.15, -0.1) is 12.4 Å². The first-order chi connectivity index (χ1) is 7.56. The van der Waals surface area contributed by atoms with Gasteiger partial charge in [0.1, 0.15) is 0 Å². The van der Waals surface area contributed by atoms with Crippen molar-refractivity contribution in [3.63, 3.8) is 0 Å². The van der Waals surface area contributed by atoms with Crippen LogP contribution in [0.25, 0.3) is 0 Å². The molecule has 0 aromatic carbocycles. The lowest BCUT2D eigenvalue weighted by Gasteiger charge is -2.22. The number of nitrogens with one attached hydrogen (secondary N) is 1. The van der Waals surface area contributed by atoms with Crippen LogP contribution >= 0.6 is 12.4 Å². The Labute approximate surface area is 109 Å². The van der Waals surface area contributed by atoms with Crippen molar-refractivity contribution in [2.75, 3.05) is 0 Å². The van der Waals surface area contributed by atoms with Crippen LogP contribution in [-0.2, 0) is 9.53 Å². The van der Waals surface area contributed by atoms with E-state index in [0.717, 1.165) is 25.7 Å². The monoisotopic (exact) mass is 262 g/mol. The van der Waals surface area contributed by atoms with Crippen molar-refractivity contribution < 1.29 is 9.53 Å². The zero-order chi connectivity index (χ0) is 11.7. The Morgan fingerprint density at radius 3 is 2.65 bits per heavy atom. The lowest BCUT2D eigenvalue weighted by Crippen LogP contribution is -2.49. The van der Waals surface area contributed by atoms with Gasteiger partial charge in [0.25, 0.3) is 0 Å². The number of carbonyl (C=O) groups is 1. The summed E-state index contributed by atoms with van der Waals surface area (Å²) < 4.78 is 5.69. The first-order valence-electron chi connectivity index (χ1n) is 6.27. The minimum Gasteiger partial charge on any atom is -0.373 e. The molecule has 3 N–H and O–H groups in total. The number of fused-ring (bicyclic) bond motifs is 2. The summed E-state index contributed by atoms with van der Waals surface area (Å²) in [6.07, 6.45) is 4.54. The molecule has 0 radical (unpaired) electrons. The average Bonchev–Trinajstić information content (AvgIpc) is 2.77. The van der Waals surface area contributed by atoms with E-state index in [2.05, 4.69) is 19.2 Å². The van der Waals surface area contributed by atoms with Crippen LogP contribution in [0, 0.1) is 5.92 Å². The third kappa shape index (κ3) is 3.57. The quantitative estimate of drug-likeness (QED) is 0.801. The van der Waals surface area contributed by atoms with Crippen LogP contribution < -0.4 is 11.1 Å². The summed E-state index contributed by atoms with van der Waals surface area (Å²) in [5, 5.41) is 3.03. The number of amides is 1. The van der Waals surface area contributed by atoms with Crippen LogP contribution in [0.2, 0.25) is 0 Å². The van der Waals surface area contributed by atoms with E-state index in [1.807, 2.05) is 0 Å². The number of ether oxygens (including phenoxy) is 1. The van der Waals surface area contributed by atoms with Gasteiger partial charge in [0.05, 0.1) is 24.3 Å². The third-order valence-corrected chi connectivity index (χ3v) is 3.50. The predicted octanol–water partition coefficient (Wildman–Crippen LogP) is 1.22. The average molecular weight is 263 g/mol. The smallest absolute Gasteiger partial charge is 0.237 e. The standard InChI is InChI=1S/C12H22N2O2.ClH/c1-7(2)5-9(13)12(15)14-10-6-8-3-4-11(10)16-8;/h7-11H,3-6,13H2,1-2H3,(H,14,15);1H/t8?,9-,10?,11?;/m0./s1. The Kier molecular flexibility index (Phi) is 5.22. The molecular formula is C12H23ClN2O2. The predicted molar refractivity (Wildman–Crippen MR) is 69.1 cm³/mol. The number of rotatable bonds is 4.